The fraction of sp³-hybridized carbons (Fsp3) is 0. The molecule has 0 amide bonds. The molecule has 0 N–H and O–H groups in total. The number of pyridine rings is 2. The molecule has 0 aliphatic heterocycles. The molecule has 196 valence electrons. The number of benzene rings is 1. The number of nitrogens with zero attached hydrogens (tertiary/aromatic N) is 14. The zero-order valence-electron chi connectivity index (χ0n) is 21.7. The molecule has 5 rings (SSSR count). The summed E-state index contributed by atoms with van der Waals surface area (Å²) in [6.45, 7) is 22.3. The molecule has 0 saturated carbocycles. The molecule has 0 saturated heterocycles. The molecule has 0 radical (unpaired) electrons. The number of aromatic nitrogens is 6. The Hall–Kier alpha value is -8.14. The molecule has 14 nitrogen and oxygen atoms in total. The number of hydrogen-bond donors (Lipinski definition) is 0. The van der Waals surface area contributed by atoms with Gasteiger partial charge in [0.25, 0.3) is 5.82 Å². The molecular weight excluding hydrogens is 556 g/mol. The molecule has 0 atom stereocenters. The monoisotopic (exact) mass is 562 g/mol. The fourth-order valence-corrected chi connectivity index (χ4v) is 4.37. The molecule has 0 bridgehead atoms. The van der Waals surface area contributed by atoms with Crippen molar-refractivity contribution in [2.75, 3.05) is 0 Å². The first-order valence-electron chi connectivity index (χ1n) is 11.9. The lowest BCUT2D eigenvalue weighted by Gasteiger charge is -2.06. The predicted octanol–water partition coefficient (Wildman–Crippen LogP) is 2.75. The first-order valence-corrected chi connectivity index (χ1v) is 11.9. The highest BCUT2D eigenvalue weighted by atomic mass is 15.0. The third kappa shape index (κ3) is 4.43. The second kappa shape index (κ2) is 11.2. The van der Waals surface area contributed by atoms with E-state index < -0.39 is 5.95 Å². The van der Waals surface area contributed by atoms with Crippen LogP contribution in [0.15, 0.2) is 36.7 Å². The maximum atomic E-state index is 10.00. The van der Waals surface area contributed by atoms with Gasteiger partial charge in [0.05, 0.1) is 28.7 Å². The second-order valence-corrected chi connectivity index (χ2v) is 8.47. The molecule has 44 heavy (non-hydrogen) atoms. The summed E-state index contributed by atoms with van der Waals surface area (Å²) in [5.74, 6) is -1.08. The van der Waals surface area contributed by atoms with Crippen molar-refractivity contribution < 1.29 is 0 Å². The van der Waals surface area contributed by atoms with Crippen LogP contribution in [0.3, 0.4) is 0 Å². The van der Waals surface area contributed by atoms with Gasteiger partial charge in [0, 0.05) is 33.9 Å². The average Bonchev–Trinajstić information content (AvgIpc) is 3.08. The number of rotatable bonds is 2. The quantitative estimate of drug-likeness (QED) is 0.225. The molecular formula is C30H6N14. The highest BCUT2D eigenvalue weighted by molar-refractivity contribution is 6.03. The molecule has 4 heterocycles. The van der Waals surface area contributed by atoms with Gasteiger partial charge in [-0.2, -0.15) is 31.3 Å². The maximum absolute atomic E-state index is 10.00. The number of hydrogen-bond acceptors (Lipinski definition) is 11. The molecule has 1 aromatic carbocycles. The van der Waals surface area contributed by atoms with Gasteiger partial charge in [0.15, 0.2) is 11.8 Å². The van der Waals surface area contributed by atoms with Gasteiger partial charge >= 0.3 is 11.8 Å². The number of fused-ring (bicyclic) bond motifs is 3. The van der Waals surface area contributed by atoms with Crippen LogP contribution in [-0.2, 0) is 0 Å². The van der Waals surface area contributed by atoms with E-state index in [1.807, 2.05) is 24.3 Å². The zero-order chi connectivity index (χ0) is 31.4. The topological polar surface area (TPSA) is 209 Å². The van der Waals surface area contributed by atoms with Crippen LogP contribution in [-0.4, -0.2) is 29.9 Å². The van der Waals surface area contributed by atoms with Gasteiger partial charge in [-0.1, -0.05) is 29.8 Å². The second-order valence-electron chi connectivity index (χ2n) is 8.47. The fourth-order valence-electron chi connectivity index (χ4n) is 4.37. The van der Waals surface area contributed by atoms with Crippen LogP contribution in [0.25, 0.3) is 47.6 Å². The summed E-state index contributed by atoms with van der Waals surface area (Å²) < 4.78 is 0. The van der Waals surface area contributed by atoms with Gasteiger partial charge in [-0.05, 0) is 11.3 Å². The van der Waals surface area contributed by atoms with Crippen LogP contribution in [0.4, 0.5) is 11.8 Å². The highest BCUT2D eigenvalue weighted by Gasteiger charge is 2.23. The van der Waals surface area contributed by atoms with Crippen LogP contribution < -0.4 is 10.4 Å². The Balaban J connectivity index is 1.77. The summed E-state index contributed by atoms with van der Waals surface area (Å²) >= 11 is 0. The summed E-state index contributed by atoms with van der Waals surface area (Å²) in [6.07, 6.45) is 2.74. The summed E-state index contributed by atoms with van der Waals surface area (Å²) in [4.78, 5) is 34.2. The largest absolute Gasteiger partial charge is 0.394 e. The van der Waals surface area contributed by atoms with E-state index in [1.54, 1.807) is 30.3 Å². The normalized spacial score (nSPS) is 11.3. The van der Waals surface area contributed by atoms with E-state index in [4.69, 9.17) is 25.0 Å². The Kier molecular flexibility index (Phi) is 6.95. The van der Waals surface area contributed by atoms with E-state index in [0.717, 1.165) is 0 Å². The van der Waals surface area contributed by atoms with Crippen molar-refractivity contribution in [1.29, 1.82) is 26.3 Å². The third-order valence-corrected chi connectivity index (χ3v) is 6.18. The van der Waals surface area contributed by atoms with E-state index in [2.05, 4.69) is 44.4 Å². The van der Waals surface area contributed by atoms with Crippen molar-refractivity contribution >= 4 is 44.8 Å². The highest BCUT2D eigenvalue weighted by Crippen LogP contribution is 2.28. The van der Waals surface area contributed by atoms with Gasteiger partial charge in [0.2, 0.25) is 11.4 Å². The molecule has 0 fully saturated rings. The summed E-state index contributed by atoms with van der Waals surface area (Å²) in [6, 6.07) is 15.8. The molecule has 0 aliphatic rings. The Labute approximate surface area is 246 Å². The number of nitriles is 5. The Morgan fingerprint density at radius 1 is 0.659 bits per heavy atom. The first kappa shape index (κ1) is 27.4. The molecule has 0 unspecified atom stereocenters. The lowest BCUT2D eigenvalue weighted by molar-refractivity contribution is 1.09. The summed E-state index contributed by atoms with van der Waals surface area (Å²) in [5.41, 5.74) is -0.432. The lowest BCUT2D eigenvalue weighted by atomic mass is 10.0. The smallest absolute Gasteiger partial charge is 0.374 e. The maximum Gasteiger partial charge on any atom is 0.374 e. The Morgan fingerprint density at radius 3 is 1.73 bits per heavy atom. The molecule has 5 aromatic rings. The van der Waals surface area contributed by atoms with Gasteiger partial charge < -0.3 is 9.69 Å². The van der Waals surface area contributed by atoms with Crippen LogP contribution in [0.5, 0.6) is 0 Å². The third-order valence-electron chi connectivity index (χ3n) is 6.18. The van der Waals surface area contributed by atoms with E-state index in [1.165, 1.54) is 12.4 Å². The lowest BCUT2D eigenvalue weighted by Crippen LogP contribution is -2.12. The minimum absolute atomic E-state index is 0.0859. The van der Waals surface area contributed by atoms with Gasteiger partial charge in [-0.3, -0.25) is 9.97 Å². The summed E-state index contributed by atoms with van der Waals surface area (Å²) in [7, 11) is 0. The Bertz CT molecular complexity index is 2350. The van der Waals surface area contributed by atoms with Crippen molar-refractivity contribution in [2.45, 2.75) is 0 Å². The predicted molar refractivity (Wildman–Crippen MR) is 149 cm³/mol. The van der Waals surface area contributed by atoms with Crippen molar-refractivity contribution in [3.63, 3.8) is 0 Å². The molecule has 0 spiro atoms. The van der Waals surface area contributed by atoms with Crippen molar-refractivity contribution in [1.82, 2.24) is 29.9 Å². The van der Waals surface area contributed by atoms with E-state index in [-0.39, 0.29) is 61.6 Å². The van der Waals surface area contributed by atoms with Crippen LogP contribution >= 0.6 is 0 Å². The van der Waals surface area contributed by atoms with Gasteiger partial charge in [-0.15, -0.1) is 16.5 Å². The van der Waals surface area contributed by atoms with Gasteiger partial charge in [-0.25, -0.2) is 4.85 Å². The van der Waals surface area contributed by atoms with E-state index in [9.17, 15) is 21.0 Å². The van der Waals surface area contributed by atoms with Crippen LogP contribution in [0, 0.1) is 76.4 Å². The molecule has 0 aliphatic carbocycles. The standard InChI is InChI=1S/C30H6N14/c1-36-26(25-22(11-34)41-23(12-35)44-29(25)37-2)18-7-16-5-4-15-6-17(13-39-27(15)28(16)40-14-18)19(8-31)24-20(9-32)42-30(38-3)43-21(24)10-33/h4-7,13-14H/b19-17+,26-18+. The first-order chi connectivity index (χ1) is 21.4. The van der Waals surface area contributed by atoms with Crippen LogP contribution in [0.1, 0.15) is 34.0 Å². The zero-order valence-corrected chi connectivity index (χ0v) is 21.7. The van der Waals surface area contributed by atoms with Crippen molar-refractivity contribution in [2.24, 2.45) is 0 Å². The minimum atomic E-state index is -0.396. The minimum Gasteiger partial charge on any atom is -0.394 e. The van der Waals surface area contributed by atoms with Crippen LogP contribution in [0.2, 0.25) is 0 Å². The van der Waals surface area contributed by atoms with Crippen molar-refractivity contribution in [3.05, 3.63) is 115 Å². The van der Waals surface area contributed by atoms with Crippen molar-refractivity contribution in [3.8, 4) is 30.3 Å². The van der Waals surface area contributed by atoms with Gasteiger partial charge in [0.1, 0.15) is 30.0 Å². The average molecular weight is 562 g/mol. The molecule has 14 heteroatoms. The van der Waals surface area contributed by atoms with E-state index >= 15 is 0 Å². The summed E-state index contributed by atoms with van der Waals surface area (Å²) in [5, 5.41) is 49.6. The SMILES string of the molecule is [C-]#[N+]/C(c1c(C#N)nc(C#N)nc1[N+]#[C-])=c1/cnc2c(ccc3c/c(=C(/C#N)c4c(C#N)nc([N+]#[C-])nc4C#N)cnc32)c1. The Morgan fingerprint density at radius 2 is 1.23 bits per heavy atom. The molecule has 4 aromatic heterocycles. The van der Waals surface area contributed by atoms with E-state index in [0.29, 0.717) is 21.8 Å².